The molecule has 2 aliphatic carbocycles. The lowest BCUT2D eigenvalue weighted by molar-refractivity contribution is -0.154. The van der Waals surface area contributed by atoms with Gasteiger partial charge in [-0.1, -0.05) is 50.7 Å². The highest BCUT2D eigenvalue weighted by atomic mass is 16.5. The molecule has 7 nitrogen and oxygen atoms in total. The second-order valence-corrected chi connectivity index (χ2v) is 8.43. The van der Waals surface area contributed by atoms with Crippen molar-refractivity contribution < 1.29 is 23.9 Å². The predicted molar refractivity (Wildman–Crippen MR) is 117 cm³/mol. The van der Waals surface area contributed by atoms with E-state index >= 15 is 0 Å². The van der Waals surface area contributed by atoms with Crippen LogP contribution < -0.4 is 10.1 Å². The Hall–Kier alpha value is -2.57. The van der Waals surface area contributed by atoms with Crippen molar-refractivity contribution in [3.8, 4) is 5.75 Å². The third-order valence-electron chi connectivity index (χ3n) is 6.33. The first-order valence-electron chi connectivity index (χ1n) is 11.5. The summed E-state index contributed by atoms with van der Waals surface area (Å²) in [4.78, 5) is 39.5. The lowest BCUT2D eigenvalue weighted by atomic mass is 9.88. The highest BCUT2D eigenvalue weighted by molar-refractivity contribution is 5.98. The largest absolute Gasteiger partial charge is 0.496 e. The number of hydrogen-bond acceptors (Lipinski definition) is 5. The Kier molecular flexibility index (Phi) is 8.74. The molecule has 0 atom stereocenters. The van der Waals surface area contributed by atoms with Gasteiger partial charge in [0.05, 0.1) is 12.7 Å². The molecule has 0 spiro atoms. The minimum atomic E-state index is -0.621. The number of methoxy groups -OCH3 is 1. The van der Waals surface area contributed by atoms with Crippen molar-refractivity contribution in [3.05, 3.63) is 29.8 Å². The average molecular weight is 431 g/mol. The van der Waals surface area contributed by atoms with Gasteiger partial charge in [0.2, 0.25) is 0 Å². The first-order valence-corrected chi connectivity index (χ1v) is 11.5. The second-order valence-electron chi connectivity index (χ2n) is 8.43. The van der Waals surface area contributed by atoms with Gasteiger partial charge in [-0.2, -0.15) is 0 Å². The molecule has 7 heteroatoms. The number of rotatable bonds is 8. The Bertz CT molecular complexity index is 736. The van der Waals surface area contributed by atoms with Gasteiger partial charge in [-0.15, -0.1) is 0 Å². The molecule has 31 heavy (non-hydrogen) atoms. The number of esters is 1. The third-order valence-corrected chi connectivity index (χ3v) is 6.33. The van der Waals surface area contributed by atoms with Gasteiger partial charge < -0.3 is 19.7 Å². The minimum Gasteiger partial charge on any atom is -0.496 e. The van der Waals surface area contributed by atoms with Crippen LogP contribution in [0.3, 0.4) is 0 Å². The molecule has 3 rings (SSSR count). The Balaban J connectivity index is 1.51. The number of amides is 2. The zero-order valence-electron chi connectivity index (χ0n) is 18.4. The number of para-hydroxylation sites is 1. The van der Waals surface area contributed by atoms with E-state index in [1.54, 1.807) is 24.3 Å². The molecule has 0 aromatic heterocycles. The molecule has 0 saturated heterocycles. The van der Waals surface area contributed by atoms with E-state index in [0.717, 1.165) is 51.4 Å². The van der Waals surface area contributed by atoms with E-state index in [1.165, 1.54) is 20.0 Å². The maximum atomic E-state index is 13.0. The van der Waals surface area contributed by atoms with Gasteiger partial charge in [0, 0.05) is 12.1 Å². The molecule has 2 fully saturated rings. The fourth-order valence-corrected chi connectivity index (χ4v) is 4.77. The normalized spacial score (nSPS) is 17.6. The quantitative estimate of drug-likeness (QED) is 0.639. The van der Waals surface area contributed by atoms with Crippen LogP contribution in [0.15, 0.2) is 24.3 Å². The summed E-state index contributed by atoms with van der Waals surface area (Å²) in [5.74, 6) is -0.724. The van der Waals surface area contributed by atoms with Crippen LogP contribution in [0.25, 0.3) is 0 Å². The Morgan fingerprint density at radius 3 is 2.10 bits per heavy atom. The van der Waals surface area contributed by atoms with Crippen molar-refractivity contribution in [1.29, 1.82) is 0 Å². The fraction of sp³-hybridized carbons (Fsp3) is 0.625. The Morgan fingerprint density at radius 1 is 0.935 bits per heavy atom. The fourth-order valence-electron chi connectivity index (χ4n) is 4.77. The minimum absolute atomic E-state index is 0.108. The van der Waals surface area contributed by atoms with E-state index in [2.05, 4.69) is 5.32 Å². The van der Waals surface area contributed by atoms with Crippen LogP contribution in [-0.4, -0.2) is 55.0 Å². The average Bonchev–Trinajstić information content (AvgIpc) is 2.82. The van der Waals surface area contributed by atoms with E-state index in [-0.39, 0.29) is 31.1 Å². The van der Waals surface area contributed by atoms with Crippen molar-refractivity contribution in [2.24, 2.45) is 0 Å². The zero-order valence-corrected chi connectivity index (χ0v) is 18.4. The molecule has 0 bridgehead atoms. The van der Waals surface area contributed by atoms with Crippen molar-refractivity contribution in [3.63, 3.8) is 0 Å². The van der Waals surface area contributed by atoms with Gasteiger partial charge in [0.15, 0.2) is 6.61 Å². The smallest absolute Gasteiger partial charge is 0.325 e. The van der Waals surface area contributed by atoms with Gasteiger partial charge >= 0.3 is 5.97 Å². The summed E-state index contributed by atoms with van der Waals surface area (Å²) in [5, 5.41) is 2.53. The number of carbonyl (C=O) groups is 3. The van der Waals surface area contributed by atoms with Gasteiger partial charge in [-0.05, 0) is 37.8 Å². The van der Waals surface area contributed by atoms with Crippen molar-refractivity contribution in [2.45, 2.75) is 76.3 Å². The molecular weight excluding hydrogens is 396 g/mol. The van der Waals surface area contributed by atoms with E-state index in [9.17, 15) is 14.4 Å². The van der Waals surface area contributed by atoms with Crippen LogP contribution in [0.1, 0.15) is 74.6 Å². The number of hydrogen-bond donors (Lipinski definition) is 1. The van der Waals surface area contributed by atoms with Crippen LogP contribution in [0.4, 0.5) is 0 Å². The first-order chi connectivity index (χ1) is 15.1. The molecule has 170 valence electrons. The summed E-state index contributed by atoms with van der Waals surface area (Å²) in [6.07, 6.45) is 11.2. The summed E-state index contributed by atoms with van der Waals surface area (Å²) in [5.41, 5.74) is 0.342. The number of carbonyl (C=O) groups excluding carboxylic acids is 3. The second kappa shape index (κ2) is 11.7. The summed E-state index contributed by atoms with van der Waals surface area (Å²) in [6.45, 7) is -0.562. The van der Waals surface area contributed by atoms with E-state index in [4.69, 9.17) is 9.47 Å². The predicted octanol–water partition coefficient (Wildman–Crippen LogP) is 3.46. The van der Waals surface area contributed by atoms with Crippen LogP contribution in [0.5, 0.6) is 5.75 Å². The molecule has 2 saturated carbocycles. The molecule has 1 N–H and O–H groups in total. The monoisotopic (exact) mass is 430 g/mol. The van der Waals surface area contributed by atoms with E-state index in [0.29, 0.717) is 11.3 Å². The molecule has 2 aliphatic rings. The standard InChI is InChI=1S/C24H34N2O5/c1-30-21-15-9-8-14-20(21)24(29)25-16-23(28)31-17-22(27)26(18-10-4-2-5-11-18)19-12-6-3-7-13-19/h8-9,14-15,18-19H,2-7,10-13,16-17H2,1H3,(H,25,29). The van der Waals surface area contributed by atoms with Gasteiger partial charge in [0.1, 0.15) is 12.3 Å². The van der Waals surface area contributed by atoms with Gasteiger partial charge in [-0.3, -0.25) is 14.4 Å². The number of nitrogens with one attached hydrogen (secondary N) is 1. The van der Waals surface area contributed by atoms with E-state index in [1.807, 2.05) is 4.90 Å². The number of benzene rings is 1. The van der Waals surface area contributed by atoms with Crippen molar-refractivity contribution >= 4 is 17.8 Å². The molecular formula is C24H34N2O5. The summed E-state index contributed by atoms with van der Waals surface area (Å²) >= 11 is 0. The summed E-state index contributed by atoms with van der Waals surface area (Å²) in [7, 11) is 1.48. The summed E-state index contributed by atoms with van der Waals surface area (Å²) in [6, 6.07) is 7.30. The van der Waals surface area contributed by atoms with Crippen LogP contribution >= 0.6 is 0 Å². The van der Waals surface area contributed by atoms with E-state index < -0.39 is 11.9 Å². The lowest BCUT2D eigenvalue weighted by Crippen LogP contribution is -2.50. The Morgan fingerprint density at radius 2 is 1.52 bits per heavy atom. The Labute approximate surface area is 184 Å². The molecule has 0 aliphatic heterocycles. The molecule has 2 amide bonds. The highest BCUT2D eigenvalue weighted by Crippen LogP contribution is 2.30. The van der Waals surface area contributed by atoms with Gasteiger partial charge in [-0.25, -0.2) is 0 Å². The summed E-state index contributed by atoms with van der Waals surface area (Å²) < 4.78 is 10.4. The first kappa shape index (κ1) is 23.1. The molecule has 1 aromatic carbocycles. The lowest BCUT2D eigenvalue weighted by Gasteiger charge is -2.41. The number of ether oxygens (including phenoxy) is 2. The van der Waals surface area contributed by atoms with Crippen LogP contribution in [0.2, 0.25) is 0 Å². The highest BCUT2D eigenvalue weighted by Gasteiger charge is 2.32. The van der Waals surface area contributed by atoms with Gasteiger partial charge in [0.25, 0.3) is 11.8 Å². The van der Waals surface area contributed by atoms with Crippen molar-refractivity contribution in [1.82, 2.24) is 10.2 Å². The maximum absolute atomic E-state index is 13.0. The SMILES string of the molecule is COc1ccccc1C(=O)NCC(=O)OCC(=O)N(C1CCCCC1)C1CCCCC1. The number of nitrogens with zero attached hydrogens (tertiary/aromatic N) is 1. The molecule has 0 unspecified atom stereocenters. The molecule has 1 aromatic rings. The van der Waals surface area contributed by atoms with Crippen LogP contribution in [-0.2, 0) is 14.3 Å². The zero-order chi connectivity index (χ0) is 22.1. The maximum Gasteiger partial charge on any atom is 0.325 e. The molecule has 0 heterocycles. The topological polar surface area (TPSA) is 84.9 Å². The van der Waals surface area contributed by atoms with Crippen molar-refractivity contribution in [2.75, 3.05) is 20.3 Å². The van der Waals surface area contributed by atoms with Crippen LogP contribution in [0, 0.1) is 0 Å². The molecule has 0 radical (unpaired) electrons. The third kappa shape index (κ3) is 6.45.